The van der Waals surface area contributed by atoms with Crippen LogP contribution < -0.4 is 16.5 Å². The third-order valence-corrected chi connectivity index (χ3v) is 4.99. The third-order valence-electron chi connectivity index (χ3n) is 4.43. The molecular weight excluding hydrogens is 508 g/mol. The van der Waals surface area contributed by atoms with Crippen LogP contribution in [0, 0.1) is 5.92 Å². The average molecular weight is 533 g/mol. The van der Waals surface area contributed by atoms with E-state index in [2.05, 4.69) is 39.9 Å². The van der Waals surface area contributed by atoms with Crippen molar-refractivity contribution < 1.29 is 43.2 Å². The van der Waals surface area contributed by atoms with Gasteiger partial charge in [-0.3, -0.25) is 24.0 Å². The number of aliphatic carboxylic acids is 1. The Hall–Kier alpha value is -2.87. The first-order valence-electron chi connectivity index (χ1n) is 10.2. The number of hydrogen-bond acceptors (Lipinski definition) is 9. The highest BCUT2D eigenvalue weighted by Gasteiger charge is 2.50. The second-order valence-corrected chi connectivity index (χ2v) is 8.53. The van der Waals surface area contributed by atoms with Gasteiger partial charge in [0.2, 0.25) is 5.91 Å². The Morgan fingerprint density at radius 3 is 2.43 bits per heavy atom. The van der Waals surface area contributed by atoms with Gasteiger partial charge in [0.25, 0.3) is 5.91 Å². The van der Waals surface area contributed by atoms with Gasteiger partial charge < -0.3 is 29.9 Å². The molecular formula is C20H25BCl2N3O9. The highest BCUT2D eigenvalue weighted by Crippen LogP contribution is 2.27. The zero-order valence-electron chi connectivity index (χ0n) is 19.0. The molecule has 35 heavy (non-hydrogen) atoms. The Labute approximate surface area is 212 Å². The summed E-state index contributed by atoms with van der Waals surface area (Å²) in [7, 11) is 0.676. The van der Waals surface area contributed by atoms with E-state index in [1.54, 1.807) is 12.1 Å². The lowest BCUT2D eigenvalue weighted by molar-refractivity contribution is -0.160. The number of nitrogens with two attached hydrogens (primary N) is 1. The van der Waals surface area contributed by atoms with Crippen molar-refractivity contribution in [1.29, 1.82) is 0 Å². The fraction of sp³-hybridized carbons (Fsp3) is 0.450. The highest BCUT2D eigenvalue weighted by atomic mass is 35.5. The van der Waals surface area contributed by atoms with Crippen molar-refractivity contribution in [3.05, 3.63) is 33.8 Å². The Bertz CT molecular complexity index is 948. The molecule has 1 aromatic carbocycles. The second-order valence-electron chi connectivity index (χ2n) is 7.69. The molecule has 0 saturated carbocycles. The number of nitrogens with one attached hydrogen (secondary N) is 2. The van der Waals surface area contributed by atoms with Crippen LogP contribution >= 0.6 is 23.2 Å². The summed E-state index contributed by atoms with van der Waals surface area (Å²) in [6, 6.07) is 4.61. The van der Waals surface area contributed by atoms with Gasteiger partial charge in [-0.05, 0) is 30.5 Å². The minimum atomic E-state index is -1.87. The molecule has 1 unspecified atom stereocenters. The largest absolute Gasteiger partial charge is 0.575 e. The molecule has 0 aliphatic carbocycles. The van der Waals surface area contributed by atoms with E-state index in [0.717, 1.165) is 6.42 Å². The maximum Gasteiger partial charge on any atom is 0.575 e. The van der Waals surface area contributed by atoms with Crippen molar-refractivity contribution in [1.82, 2.24) is 10.6 Å². The van der Waals surface area contributed by atoms with E-state index < -0.39 is 42.3 Å². The van der Waals surface area contributed by atoms with Gasteiger partial charge in [0, 0.05) is 11.6 Å². The molecule has 0 bridgehead atoms. The number of carboxylic acid groups (broad SMARTS) is 1. The molecule has 1 saturated heterocycles. The summed E-state index contributed by atoms with van der Waals surface area (Å²) in [5.74, 6) is 1.20. The van der Waals surface area contributed by atoms with Gasteiger partial charge in [-0.25, -0.2) is 0 Å². The lowest BCUT2D eigenvalue weighted by Crippen LogP contribution is -2.41. The van der Waals surface area contributed by atoms with Crippen LogP contribution in [0.15, 0.2) is 18.2 Å². The summed E-state index contributed by atoms with van der Waals surface area (Å²) < 4.78 is 9.02. The van der Waals surface area contributed by atoms with E-state index in [4.69, 9.17) is 33.0 Å². The van der Waals surface area contributed by atoms with Crippen LogP contribution in [0.1, 0.15) is 43.5 Å². The Morgan fingerprint density at radius 2 is 1.89 bits per heavy atom. The predicted octanol–water partition coefficient (Wildman–Crippen LogP) is 1.00. The molecule has 1 fully saturated rings. The predicted molar refractivity (Wildman–Crippen MR) is 124 cm³/mol. The fourth-order valence-electron chi connectivity index (χ4n) is 2.61. The highest BCUT2D eigenvalue weighted by molar-refractivity contribution is 6.35. The molecule has 1 aromatic rings. The number of carbonyl (C=O) groups is 5. The molecule has 1 aliphatic heterocycles. The zero-order chi connectivity index (χ0) is 26.6. The minimum absolute atomic E-state index is 0.0836. The number of carboxylic acids is 1. The normalized spacial score (nSPS) is 16.3. The van der Waals surface area contributed by atoms with Gasteiger partial charge in [-0.1, -0.05) is 37.0 Å². The number of rotatable bonds is 10. The van der Waals surface area contributed by atoms with Gasteiger partial charge in [0.15, 0.2) is 5.60 Å². The van der Waals surface area contributed by atoms with E-state index in [9.17, 15) is 24.0 Å². The summed E-state index contributed by atoms with van der Waals surface area (Å²) >= 11 is 11.7. The number of carbonyl (C=O) groups excluding carboxylic acids is 4. The van der Waals surface area contributed by atoms with E-state index in [1.807, 2.05) is 0 Å². The van der Waals surface area contributed by atoms with Gasteiger partial charge in [-0.15, -0.1) is 0 Å². The molecule has 0 aromatic heterocycles. The first-order chi connectivity index (χ1) is 16.4. The van der Waals surface area contributed by atoms with Crippen molar-refractivity contribution in [3.63, 3.8) is 0 Å². The van der Waals surface area contributed by atoms with Crippen LogP contribution in [0.3, 0.4) is 0 Å². The molecule has 12 nitrogen and oxygen atoms in total. The van der Waals surface area contributed by atoms with Crippen LogP contribution in [-0.2, 0) is 33.3 Å². The average Bonchev–Trinajstić information content (AvgIpc) is 3.12. The summed E-state index contributed by atoms with van der Waals surface area (Å²) in [5.41, 5.74) is -1.61. The smallest absolute Gasteiger partial charge is 0.509 e. The van der Waals surface area contributed by atoms with E-state index in [1.165, 1.54) is 6.07 Å². The van der Waals surface area contributed by atoms with Crippen LogP contribution in [0.2, 0.25) is 10.0 Å². The molecule has 1 atom stereocenters. The summed E-state index contributed by atoms with van der Waals surface area (Å²) in [5, 5.41) is 14.5. The maximum absolute atomic E-state index is 11.9. The molecule has 2 rings (SSSR count). The minimum Gasteiger partial charge on any atom is -0.509 e. The molecule has 1 aliphatic rings. The van der Waals surface area contributed by atoms with Crippen molar-refractivity contribution in [2.75, 3.05) is 13.1 Å². The van der Waals surface area contributed by atoms with Crippen molar-refractivity contribution in [3.8, 4) is 0 Å². The summed E-state index contributed by atoms with van der Waals surface area (Å²) in [6.07, 6.45) is -0.428. The van der Waals surface area contributed by atoms with Crippen molar-refractivity contribution >= 4 is 60.6 Å². The maximum atomic E-state index is 11.9. The van der Waals surface area contributed by atoms with Gasteiger partial charge >= 0.3 is 25.6 Å². The van der Waals surface area contributed by atoms with Crippen LogP contribution in [-0.4, -0.2) is 61.2 Å². The second kappa shape index (κ2) is 14.5. The van der Waals surface area contributed by atoms with Crippen molar-refractivity contribution in [2.24, 2.45) is 11.8 Å². The number of benzene rings is 1. The number of hydrogen-bond donors (Lipinski definition) is 4. The van der Waals surface area contributed by atoms with E-state index in [-0.39, 0.29) is 18.0 Å². The standard InChI is InChI=1S/C14H18Cl2N2O2.C6H7BNO7/c1-9(2)5-6-17-13(19)8-18-14(20)11-7-10(15)3-4-12(11)16;8-14-4(11)2-6(1-3(9)10)5(12)13-7-15-6/h3-4,7,9H,5-6,8H2,1-2H3,(H,17,19)(H,18,20);1-2,8H2,(H,9,10). The van der Waals surface area contributed by atoms with Crippen LogP contribution in [0.5, 0.6) is 0 Å². The molecule has 5 N–H and O–H groups in total. The first kappa shape index (κ1) is 30.2. The lowest BCUT2D eigenvalue weighted by Gasteiger charge is -2.20. The first-order valence-corrected chi connectivity index (χ1v) is 11.0. The molecule has 15 heteroatoms. The fourth-order valence-corrected chi connectivity index (χ4v) is 2.99. The Morgan fingerprint density at radius 1 is 1.20 bits per heavy atom. The molecule has 1 radical (unpaired) electrons. The SMILES string of the molecule is CC(C)CCNC(=O)CNC(=O)c1cc(Cl)ccc1Cl.NOC(=O)CC1(CC(=O)O)O[B]OC1=O. The number of amides is 2. The van der Waals surface area contributed by atoms with Gasteiger partial charge in [-0.2, -0.15) is 5.90 Å². The lowest BCUT2D eigenvalue weighted by atomic mass is 9.95. The molecule has 191 valence electrons. The molecule has 1 heterocycles. The van der Waals surface area contributed by atoms with E-state index >= 15 is 0 Å². The van der Waals surface area contributed by atoms with Crippen LogP contribution in [0.25, 0.3) is 0 Å². The summed E-state index contributed by atoms with van der Waals surface area (Å²) in [6.45, 7) is 4.67. The molecule has 2 amide bonds. The molecule has 0 spiro atoms. The Kier molecular flexibility index (Phi) is 12.5. The van der Waals surface area contributed by atoms with Gasteiger partial charge in [0.1, 0.15) is 0 Å². The number of halogens is 2. The summed E-state index contributed by atoms with van der Waals surface area (Å²) in [4.78, 5) is 59.8. The van der Waals surface area contributed by atoms with Crippen LogP contribution in [0.4, 0.5) is 0 Å². The van der Waals surface area contributed by atoms with Crippen molar-refractivity contribution in [2.45, 2.75) is 38.7 Å². The van der Waals surface area contributed by atoms with E-state index in [0.29, 0.717) is 30.2 Å². The zero-order valence-corrected chi connectivity index (χ0v) is 20.5. The quantitative estimate of drug-likeness (QED) is 0.250. The topological polar surface area (TPSA) is 183 Å². The monoisotopic (exact) mass is 532 g/mol. The van der Waals surface area contributed by atoms with Gasteiger partial charge in [0.05, 0.1) is 30.0 Å². The Balaban J connectivity index is 0.000000365. The third kappa shape index (κ3) is 10.5.